The molecule has 1 N–H and O–H groups in total. The van der Waals surface area contributed by atoms with E-state index < -0.39 is 0 Å². The Kier molecular flexibility index (Phi) is 7.26. The van der Waals surface area contributed by atoms with Crippen LogP contribution in [0.3, 0.4) is 0 Å². The smallest absolute Gasteiger partial charge is 0.237 e. The molecule has 1 aliphatic rings. The predicted octanol–water partition coefficient (Wildman–Crippen LogP) is 2.59. The van der Waals surface area contributed by atoms with Gasteiger partial charge in [-0.2, -0.15) is 4.98 Å². The number of allylic oxidation sites excluding steroid dienone is 1. The molecule has 1 saturated heterocycles. The average molecular weight is 371 g/mol. The summed E-state index contributed by atoms with van der Waals surface area (Å²) in [6, 6.07) is 0. The number of thioether (sulfide) groups is 1. The third kappa shape index (κ3) is 4.37. The van der Waals surface area contributed by atoms with Crippen molar-refractivity contribution in [2.24, 2.45) is 0 Å². The fourth-order valence-corrected chi connectivity index (χ4v) is 3.50. The van der Waals surface area contributed by atoms with Crippen LogP contribution in [0.5, 0.6) is 0 Å². The van der Waals surface area contributed by atoms with E-state index in [1.165, 1.54) is 0 Å². The highest BCUT2D eigenvalue weighted by Crippen LogP contribution is 2.28. The number of hydrogen-bond donors (Lipinski definition) is 1. The third-order valence-corrected chi connectivity index (χ3v) is 4.86. The Labute approximate surface area is 152 Å². The molecule has 0 aliphatic carbocycles. The van der Waals surface area contributed by atoms with Gasteiger partial charge in [-0.3, -0.25) is 0 Å². The molecule has 0 bridgehead atoms. The molecule has 9 heteroatoms. The molecule has 0 saturated carbocycles. The minimum absolute atomic E-state index is 0. The van der Waals surface area contributed by atoms with Gasteiger partial charge in [0.2, 0.25) is 5.89 Å². The highest BCUT2D eigenvalue weighted by molar-refractivity contribution is 7.98. The number of aromatic nitrogens is 5. The molecule has 132 valence electrons. The van der Waals surface area contributed by atoms with Crippen LogP contribution in [-0.2, 0) is 18.7 Å². The van der Waals surface area contributed by atoms with E-state index in [4.69, 9.17) is 4.52 Å². The summed E-state index contributed by atoms with van der Waals surface area (Å²) in [5.74, 6) is 3.50. The first-order valence-corrected chi connectivity index (χ1v) is 8.99. The lowest BCUT2D eigenvalue weighted by Crippen LogP contribution is -2.28. The van der Waals surface area contributed by atoms with E-state index in [-0.39, 0.29) is 12.4 Å². The first kappa shape index (κ1) is 19.0. The van der Waals surface area contributed by atoms with Crippen LogP contribution in [0, 0.1) is 0 Å². The summed E-state index contributed by atoms with van der Waals surface area (Å²) >= 11 is 1.58. The molecule has 0 atom stereocenters. The summed E-state index contributed by atoms with van der Waals surface area (Å²) in [5.41, 5.74) is 0. The van der Waals surface area contributed by atoms with Crippen LogP contribution in [0.25, 0.3) is 0 Å². The van der Waals surface area contributed by atoms with Crippen LogP contribution in [0.1, 0.15) is 43.2 Å². The van der Waals surface area contributed by atoms with Gasteiger partial charge in [0.15, 0.2) is 11.0 Å². The van der Waals surface area contributed by atoms with Gasteiger partial charge in [-0.15, -0.1) is 29.2 Å². The number of aryl methyl sites for hydroxylation is 1. The largest absolute Gasteiger partial charge is 0.338 e. The molecular formula is C15H23ClN6OS. The van der Waals surface area contributed by atoms with Crippen LogP contribution in [0.4, 0.5) is 0 Å². The van der Waals surface area contributed by atoms with Crippen molar-refractivity contribution in [1.82, 2.24) is 30.2 Å². The minimum Gasteiger partial charge on any atom is -0.338 e. The van der Waals surface area contributed by atoms with Gasteiger partial charge in [0.1, 0.15) is 5.82 Å². The molecule has 3 rings (SSSR count). The molecule has 2 aromatic heterocycles. The molecule has 0 amide bonds. The van der Waals surface area contributed by atoms with Gasteiger partial charge in [-0.25, -0.2) is 0 Å². The number of nitrogens with one attached hydrogen (secondary N) is 1. The first-order chi connectivity index (χ1) is 11.3. The molecule has 0 aromatic carbocycles. The van der Waals surface area contributed by atoms with E-state index >= 15 is 0 Å². The van der Waals surface area contributed by atoms with E-state index in [1.807, 2.05) is 13.0 Å². The zero-order valence-electron chi connectivity index (χ0n) is 13.8. The highest BCUT2D eigenvalue weighted by atomic mass is 35.5. The molecule has 7 nitrogen and oxygen atoms in total. The Balaban J connectivity index is 0.00000208. The Hall–Kier alpha value is -1.38. The zero-order valence-corrected chi connectivity index (χ0v) is 15.4. The summed E-state index contributed by atoms with van der Waals surface area (Å²) in [6.07, 6.45) is 4.87. The van der Waals surface area contributed by atoms with Crippen molar-refractivity contribution in [3.63, 3.8) is 0 Å². The van der Waals surface area contributed by atoms with Gasteiger partial charge in [0.05, 0.1) is 5.75 Å². The lowest BCUT2D eigenvalue weighted by Gasteiger charge is -2.22. The summed E-state index contributed by atoms with van der Waals surface area (Å²) in [4.78, 5) is 4.33. The summed E-state index contributed by atoms with van der Waals surface area (Å²) < 4.78 is 7.39. The first-order valence-electron chi connectivity index (χ1n) is 8.00. The second-order valence-corrected chi connectivity index (χ2v) is 6.45. The summed E-state index contributed by atoms with van der Waals surface area (Å²) in [7, 11) is 0. The monoisotopic (exact) mass is 370 g/mol. The average Bonchev–Trinajstić information content (AvgIpc) is 3.21. The second kappa shape index (κ2) is 9.19. The van der Waals surface area contributed by atoms with E-state index in [2.05, 4.69) is 36.8 Å². The van der Waals surface area contributed by atoms with Gasteiger partial charge in [0, 0.05) is 18.9 Å². The molecule has 3 heterocycles. The van der Waals surface area contributed by atoms with Crippen molar-refractivity contribution >= 4 is 24.2 Å². The predicted molar refractivity (Wildman–Crippen MR) is 95.5 cm³/mol. The molecule has 0 radical (unpaired) electrons. The Bertz CT molecular complexity index is 652. The third-order valence-electron chi connectivity index (χ3n) is 3.91. The van der Waals surface area contributed by atoms with Crippen molar-refractivity contribution in [3.8, 4) is 0 Å². The van der Waals surface area contributed by atoms with Crippen LogP contribution >= 0.6 is 24.2 Å². The van der Waals surface area contributed by atoms with Gasteiger partial charge in [0.25, 0.3) is 0 Å². The van der Waals surface area contributed by atoms with Gasteiger partial charge in [-0.05, 0) is 25.9 Å². The maximum Gasteiger partial charge on any atom is 0.237 e. The van der Waals surface area contributed by atoms with E-state index in [9.17, 15) is 0 Å². The summed E-state index contributed by atoms with van der Waals surface area (Å²) in [6.45, 7) is 8.66. The molecule has 0 unspecified atom stereocenters. The van der Waals surface area contributed by atoms with Crippen molar-refractivity contribution in [3.05, 3.63) is 30.2 Å². The van der Waals surface area contributed by atoms with Crippen molar-refractivity contribution in [2.45, 2.75) is 49.6 Å². The SMILES string of the molecule is C=CCn1c(SCc2nc(CC)no2)nnc1C1CCNCC1.Cl. The molecule has 1 aliphatic heterocycles. The van der Waals surface area contributed by atoms with E-state index in [0.29, 0.717) is 17.6 Å². The number of nitrogens with zero attached hydrogens (tertiary/aromatic N) is 5. The Morgan fingerprint density at radius 1 is 1.38 bits per heavy atom. The maximum absolute atomic E-state index is 5.23. The standard InChI is InChI=1S/C15H22N6OS.ClH/c1-3-9-21-14(11-5-7-16-8-6-11)18-19-15(21)23-10-13-17-12(4-2)20-22-13;/h3,11,16H,1,4-10H2,2H3;1H. The molecule has 1 fully saturated rings. The second-order valence-electron chi connectivity index (χ2n) is 5.51. The Morgan fingerprint density at radius 2 is 2.17 bits per heavy atom. The lowest BCUT2D eigenvalue weighted by molar-refractivity contribution is 0.385. The minimum atomic E-state index is 0. The molecule has 24 heavy (non-hydrogen) atoms. The molecule has 0 spiro atoms. The van der Waals surface area contributed by atoms with Gasteiger partial charge >= 0.3 is 0 Å². The zero-order chi connectivity index (χ0) is 16.1. The van der Waals surface area contributed by atoms with Gasteiger partial charge < -0.3 is 14.4 Å². The highest BCUT2D eigenvalue weighted by Gasteiger charge is 2.23. The number of hydrogen-bond acceptors (Lipinski definition) is 7. The van der Waals surface area contributed by atoms with E-state index in [0.717, 1.165) is 55.7 Å². The summed E-state index contributed by atoms with van der Waals surface area (Å²) in [5, 5.41) is 17.0. The van der Waals surface area contributed by atoms with Crippen molar-refractivity contribution in [2.75, 3.05) is 13.1 Å². The fourth-order valence-electron chi connectivity index (χ4n) is 2.71. The lowest BCUT2D eigenvalue weighted by atomic mass is 9.97. The Morgan fingerprint density at radius 3 is 2.83 bits per heavy atom. The normalized spacial score (nSPS) is 15.2. The van der Waals surface area contributed by atoms with Crippen molar-refractivity contribution in [1.29, 1.82) is 0 Å². The van der Waals surface area contributed by atoms with Crippen LogP contribution in [-0.4, -0.2) is 38.0 Å². The molecular weight excluding hydrogens is 348 g/mol. The van der Waals surface area contributed by atoms with Crippen LogP contribution < -0.4 is 5.32 Å². The number of halogens is 1. The quantitative estimate of drug-likeness (QED) is 0.592. The van der Waals surface area contributed by atoms with Crippen LogP contribution in [0.15, 0.2) is 22.3 Å². The van der Waals surface area contributed by atoms with E-state index in [1.54, 1.807) is 11.8 Å². The van der Waals surface area contributed by atoms with Gasteiger partial charge in [-0.1, -0.05) is 29.9 Å². The van der Waals surface area contributed by atoms with Crippen molar-refractivity contribution < 1.29 is 4.52 Å². The topological polar surface area (TPSA) is 81.7 Å². The number of piperidine rings is 1. The fraction of sp³-hybridized carbons (Fsp3) is 0.600. The number of rotatable bonds is 7. The maximum atomic E-state index is 5.23. The molecule has 2 aromatic rings. The van der Waals surface area contributed by atoms with Crippen LogP contribution in [0.2, 0.25) is 0 Å².